The van der Waals surface area contributed by atoms with Gasteiger partial charge in [0.1, 0.15) is 0 Å². The maximum atomic E-state index is 12.2. The highest BCUT2D eigenvalue weighted by Gasteiger charge is 2.27. The Morgan fingerprint density at radius 2 is 1.50 bits per heavy atom. The number of anilines is 1. The van der Waals surface area contributed by atoms with Crippen LogP contribution >= 0.6 is 0 Å². The van der Waals surface area contributed by atoms with E-state index in [1.165, 1.54) is 36.4 Å². The summed E-state index contributed by atoms with van der Waals surface area (Å²) in [7, 11) is -4.10. The largest absolute Gasteiger partial charge is 0.399 e. The average Bonchev–Trinajstić information content (AvgIpc) is 2.47. The van der Waals surface area contributed by atoms with E-state index in [1.807, 2.05) is 0 Å². The number of carbonyl (C=O) groups is 1. The fraction of sp³-hybridized carbons (Fsp3) is 0. The molecule has 0 radical (unpaired) electrons. The Labute approximate surface area is 116 Å². The number of carbonyl (C=O) groups excluding carboxylic acids is 1. The molecule has 0 aromatic heterocycles. The molecule has 0 bridgehead atoms. The fourth-order valence-corrected chi connectivity index (χ4v) is 2.60. The summed E-state index contributed by atoms with van der Waals surface area (Å²) in [5.41, 5.74) is 6.10. The van der Waals surface area contributed by atoms with Gasteiger partial charge in [-0.05, 0) is 36.4 Å². The first-order valence-corrected chi connectivity index (χ1v) is 7.12. The third-order valence-electron chi connectivity index (χ3n) is 2.66. The van der Waals surface area contributed by atoms with Crippen LogP contribution in [0.4, 0.5) is 5.69 Å². The fourth-order valence-electron chi connectivity index (χ4n) is 1.57. The molecular weight excluding hydrogens is 278 g/mol. The minimum atomic E-state index is -4.10. The molecule has 0 aliphatic heterocycles. The van der Waals surface area contributed by atoms with E-state index in [0.717, 1.165) is 0 Å². The predicted molar refractivity (Wildman–Crippen MR) is 74.8 cm³/mol. The van der Waals surface area contributed by atoms with Crippen molar-refractivity contribution in [3.05, 3.63) is 60.2 Å². The number of nitrogens with two attached hydrogens (primary N) is 2. The molecule has 2 aromatic carbocycles. The van der Waals surface area contributed by atoms with E-state index >= 15 is 0 Å². The number of nitrogen functional groups attached to an aromatic ring is 1. The van der Waals surface area contributed by atoms with Gasteiger partial charge in [-0.15, -0.1) is 0 Å². The topological polar surface area (TPSA) is 106 Å². The third kappa shape index (κ3) is 2.63. The lowest BCUT2D eigenvalue weighted by atomic mass is 10.2. The second-order valence-corrected chi connectivity index (χ2v) is 5.86. The smallest absolute Gasteiger partial charge is 0.282 e. The quantitative estimate of drug-likeness (QED) is 0.379. The zero-order chi connectivity index (χ0) is 14.8. The molecule has 7 heteroatoms. The minimum Gasteiger partial charge on any atom is -0.399 e. The van der Waals surface area contributed by atoms with Gasteiger partial charge in [0.05, 0.1) is 4.90 Å². The summed E-state index contributed by atoms with van der Waals surface area (Å²) in [6.45, 7) is 0. The van der Waals surface area contributed by atoms with Crippen molar-refractivity contribution in [1.29, 1.82) is 0 Å². The number of hydrogen-bond acceptors (Lipinski definition) is 5. The Kier molecular flexibility index (Phi) is 3.73. The number of hydrogen-bond donors (Lipinski definition) is 2. The molecule has 4 N–H and O–H groups in total. The van der Waals surface area contributed by atoms with E-state index in [1.54, 1.807) is 18.2 Å². The van der Waals surface area contributed by atoms with Crippen LogP contribution in [0.1, 0.15) is 10.4 Å². The zero-order valence-electron chi connectivity index (χ0n) is 10.4. The molecule has 104 valence electrons. The number of sulfonamides is 1. The summed E-state index contributed by atoms with van der Waals surface area (Å²) in [5.74, 6) is 4.66. The van der Waals surface area contributed by atoms with Gasteiger partial charge in [0.2, 0.25) is 0 Å². The molecule has 0 saturated heterocycles. The molecule has 0 aliphatic rings. The highest BCUT2D eigenvalue weighted by molar-refractivity contribution is 7.89. The number of rotatable bonds is 3. The molecule has 2 aromatic rings. The summed E-state index contributed by atoms with van der Waals surface area (Å²) in [4.78, 5) is 11.9. The van der Waals surface area contributed by atoms with Gasteiger partial charge in [0.25, 0.3) is 15.9 Å². The van der Waals surface area contributed by atoms with Crippen molar-refractivity contribution >= 4 is 21.6 Å². The normalized spacial score (nSPS) is 11.1. The maximum absolute atomic E-state index is 12.2. The minimum absolute atomic E-state index is 0.0986. The van der Waals surface area contributed by atoms with Crippen molar-refractivity contribution in [3.63, 3.8) is 0 Å². The first-order chi connectivity index (χ1) is 9.43. The second-order valence-electron chi connectivity index (χ2n) is 4.04. The second kappa shape index (κ2) is 5.32. The third-order valence-corrected chi connectivity index (χ3v) is 4.21. The van der Waals surface area contributed by atoms with Crippen LogP contribution in [0.5, 0.6) is 0 Å². The first kappa shape index (κ1) is 14.0. The van der Waals surface area contributed by atoms with Crippen molar-refractivity contribution in [2.24, 2.45) is 5.84 Å². The summed E-state index contributed by atoms with van der Waals surface area (Å²) >= 11 is 0. The summed E-state index contributed by atoms with van der Waals surface area (Å²) < 4.78 is 24.6. The number of nitrogens with zero attached hydrogens (tertiary/aromatic N) is 1. The van der Waals surface area contributed by atoms with Crippen LogP contribution in [0.2, 0.25) is 0 Å². The number of benzene rings is 2. The van der Waals surface area contributed by atoms with Gasteiger partial charge in [0, 0.05) is 11.3 Å². The Morgan fingerprint density at radius 1 is 0.950 bits per heavy atom. The van der Waals surface area contributed by atoms with Crippen LogP contribution in [-0.4, -0.2) is 18.7 Å². The number of hydrazine groups is 1. The van der Waals surface area contributed by atoms with E-state index in [-0.39, 0.29) is 14.9 Å². The molecule has 1 amide bonds. The van der Waals surface area contributed by atoms with Gasteiger partial charge in [0.15, 0.2) is 0 Å². The molecular formula is C13H13N3O3S. The van der Waals surface area contributed by atoms with E-state index in [2.05, 4.69) is 0 Å². The molecule has 0 spiro atoms. The maximum Gasteiger partial charge on any atom is 0.282 e. The van der Waals surface area contributed by atoms with Crippen molar-refractivity contribution < 1.29 is 13.2 Å². The monoisotopic (exact) mass is 291 g/mol. The lowest BCUT2D eigenvalue weighted by Gasteiger charge is -2.16. The molecule has 2 rings (SSSR count). The Balaban J connectivity index is 2.35. The standard InChI is InChI=1S/C13H13N3O3S/c14-11-6-8-12(9-7-11)20(18,19)16(15)13(17)10-4-2-1-3-5-10/h1-9H,14-15H2. The van der Waals surface area contributed by atoms with E-state index < -0.39 is 15.9 Å². The Morgan fingerprint density at radius 3 is 2.05 bits per heavy atom. The van der Waals surface area contributed by atoms with Crippen LogP contribution in [0.3, 0.4) is 0 Å². The van der Waals surface area contributed by atoms with Crippen LogP contribution in [0.15, 0.2) is 59.5 Å². The molecule has 0 aliphatic carbocycles. The van der Waals surface area contributed by atoms with Gasteiger partial charge >= 0.3 is 0 Å². The van der Waals surface area contributed by atoms with Crippen molar-refractivity contribution in [2.45, 2.75) is 4.90 Å². The van der Waals surface area contributed by atoms with Gasteiger partial charge in [-0.1, -0.05) is 18.2 Å². The summed E-state index contributed by atoms with van der Waals surface area (Å²) in [5, 5.41) is 0. The predicted octanol–water partition coefficient (Wildman–Crippen LogP) is 0.974. The summed E-state index contributed by atoms with van der Waals surface area (Å²) in [6, 6.07) is 13.4. The van der Waals surface area contributed by atoms with Crippen LogP contribution in [0, 0.1) is 0 Å². The molecule has 0 unspecified atom stereocenters. The highest BCUT2D eigenvalue weighted by atomic mass is 32.2. The van der Waals surface area contributed by atoms with E-state index in [4.69, 9.17) is 11.6 Å². The van der Waals surface area contributed by atoms with Gasteiger partial charge in [-0.2, -0.15) is 12.8 Å². The van der Waals surface area contributed by atoms with Crippen LogP contribution < -0.4 is 11.6 Å². The van der Waals surface area contributed by atoms with Crippen molar-refractivity contribution in [2.75, 3.05) is 5.73 Å². The van der Waals surface area contributed by atoms with E-state index in [9.17, 15) is 13.2 Å². The van der Waals surface area contributed by atoms with Crippen LogP contribution in [0.25, 0.3) is 0 Å². The summed E-state index contributed by atoms with van der Waals surface area (Å²) in [6.07, 6.45) is 0. The number of amides is 1. The molecule has 0 fully saturated rings. The molecule has 0 heterocycles. The van der Waals surface area contributed by atoms with Crippen LogP contribution in [-0.2, 0) is 10.0 Å². The van der Waals surface area contributed by atoms with Crippen molar-refractivity contribution in [1.82, 2.24) is 4.41 Å². The SMILES string of the molecule is Nc1ccc(S(=O)(=O)N(N)C(=O)c2ccccc2)cc1. The van der Waals surface area contributed by atoms with Gasteiger partial charge < -0.3 is 5.73 Å². The molecule has 20 heavy (non-hydrogen) atoms. The lowest BCUT2D eigenvalue weighted by Crippen LogP contribution is -2.42. The first-order valence-electron chi connectivity index (χ1n) is 5.68. The highest BCUT2D eigenvalue weighted by Crippen LogP contribution is 2.16. The zero-order valence-corrected chi connectivity index (χ0v) is 11.2. The van der Waals surface area contributed by atoms with Gasteiger partial charge in [-0.3, -0.25) is 4.79 Å². The lowest BCUT2D eigenvalue weighted by molar-refractivity contribution is 0.0861. The molecule has 0 saturated carbocycles. The Bertz CT molecular complexity index is 712. The van der Waals surface area contributed by atoms with Gasteiger partial charge in [-0.25, -0.2) is 5.84 Å². The average molecular weight is 291 g/mol. The molecule has 6 nitrogen and oxygen atoms in total. The van der Waals surface area contributed by atoms with Crippen molar-refractivity contribution in [3.8, 4) is 0 Å². The Hall–Kier alpha value is -2.38. The van der Waals surface area contributed by atoms with E-state index in [0.29, 0.717) is 5.69 Å². The molecule has 0 atom stereocenters.